The molecule has 168 valence electrons. The minimum atomic E-state index is -3.75. The molecule has 2 aromatic carbocycles. The Morgan fingerprint density at radius 2 is 1.65 bits per heavy atom. The summed E-state index contributed by atoms with van der Waals surface area (Å²) in [5, 5.41) is 3.04. The van der Waals surface area contributed by atoms with Crippen LogP contribution in [-0.2, 0) is 26.2 Å². The second-order valence-electron chi connectivity index (χ2n) is 7.29. The van der Waals surface area contributed by atoms with Crippen LogP contribution in [0.1, 0.15) is 24.5 Å². The number of hydrogen-bond donors (Lipinski definition) is 1. The summed E-state index contributed by atoms with van der Waals surface area (Å²) in [4.78, 5) is 27.2. The van der Waals surface area contributed by atoms with E-state index in [-0.39, 0.29) is 12.5 Å². The highest BCUT2D eigenvalue weighted by Crippen LogP contribution is 2.22. The lowest BCUT2D eigenvalue weighted by atomic mass is 10.1. The predicted octanol–water partition coefficient (Wildman–Crippen LogP) is 2.97. The van der Waals surface area contributed by atoms with E-state index in [1.54, 1.807) is 12.1 Å². The second-order valence-corrected chi connectivity index (χ2v) is 9.63. The molecule has 0 unspecified atom stereocenters. The van der Waals surface area contributed by atoms with Gasteiger partial charge in [-0.25, -0.2) is 8.42 Å². The number of anilines is 1. The Balaban J connectivity index is 2.40. The van der Waals surface area contributed by atoms with Crippen molar-refractivity contribution in [1.29, 1.82) is 0 Å². The van der Waals surface area contributed by atoms with Crippen molar-refractivity contribution in [2.24, 2.45) is 0 Å². The van der Waals surface area contributed by atoms with Gasteiger partial charge >= 0.3 is 0 Å². The number of nitrogens with one attached hydrogen (secondary N) is 1. The highest BCUT2D eigenvalue weighted by Gasteiger charge is 2.31. The van der Waals surface area contributed by atoms with Crippen molar-refractivity contribution in [2.75, 3.05) is 24.2 Å². The molecule has 31 heavy (non-hydrogen) atoms. The van der Waals surface area contributed by atoms with Gasteiger partial charge in [0.05, 0.1) is 11.9 Å². The molecule has 0 fully saturated rings. The van der Waals surface area contributed by atoms with Crippen molar-refractivity contribution < 1.29 is 18.0 Å². The van der Waals surface area contributed by atoms with Crippen LogP contribution in [0.2, 0.25) is 5.02 Å². The lowest BCUT2D eigenvalue weighted by Crippen LogP contribution is -2.51. The van der Waals surface area contributed by atoms with Crippen molar-refractivity contribution in [3.8, 4) is 0 Å². The van der Waals surface area contributed by atoms with Crippen molar-refractivity contribution in [2.45, 2.75) is 32.9 Å². The third-order valence-electron chi connectivity index (χ3n) is 4.90. The molecule has 0 saturated heterocycles. The maximum atomic E-state index is 13.3. The zero-order valence-corrected chi connectivity index (χ0v) is 19.7. The van der Waals surface area contributed by atoms with Gasteiger partial charge in [0.25, 0.3) is 0 Å². The fourth-order valence-electron chi connectivity index (χ4n) is 3.20. The van der Waals surface area contributed by atoms with Crippen molar-refractivity contribution in [3.63, 3.8) is 0 Å². The van der Waals surface area contributed by atoms with Crippen molar-refractivity contribution in [3.05, 3.63) is 64.7 Å². The van der Waals surface area contributed by atoms with E-state index in [1.165, 1.54) is 24.1 Å². The van der Waals surface area contributed by atoms with Crippen molar-refractivity contribution in [1.82, 2.24) is 10.2 Å². The molecule has 0 radical (unpaired) electrons. The molecule has 2 aromatic rings. The first-order valence-corrected chi connectivity index (χ1v) is 12.1. The van der Waals surface area contributed by atoms with Crippen LogP contribution in [0.5, 0.6) is 0 Å². The molecule has 1 atom stereocenters. The fourth-order valence-corrected chi connectivity index (χ4v) is 4.17. The number of amides is 2. The van der Waals surface area contributed by atoms with E-state index >= 15 is 0 Å². The average molecular weight is 466 g/mol. The maximum Gasteiger partial charge on any atom is 0.244 e. The molecule has 0 spiro atoms. The number of hydrogen-bond acceptors (Lipinski definition) is 4. The number of nitrogens with zero attached hydrogens (tertiary/aromatic N) is 2. The summed E-state index contributed by atoms with van der Waals surface area (Å²) >= 11 is 5.91. The van der Waals surface area contributed by atoms with E-state index in [2.05, 4.69) is 5.32 Å². The lowest BCUT2D eigenvalue weighted by molar-refractivity contribution is -0.140. The van der Waals surface area contributed by atoms with Gasteiger partial charge in [-0.3, -0.25) is 13.9 Å². The van der Waals surface area contributed by atoms with Gasteiger partial charge in [-0.05, 0) is 43.2 Å². The smallest absolute Gasteiger partial charge is 0.244 e. The summed E-state index contributed by atoms with van der Waals surface area (Å²) in [6, 6.07) is 13.1. The van der Waals surface area contributed by atoms with E-state index in [0.29, 0.717) is 17.1 Å². The molecular weight excluding hydrogens is 438 g/mol. The van der Waals surface area contributed by atoms with E-state index in [1.807, 2.05) is 38.1 Å². The third-order valence-corrected chi connectivity index (χ3v) is 6.29. The van der Waals surface area contributed by atoms with Gasteiger partial charge in [0.1, 0.15) is 12.6 Å². The van der Waals surface area contributed by atoms with E-state index < -0.39 is 28.5 Å². The van der Waals surface area contributed by atoms with Crippen LogP contribution in [-0.4, -0.2) is 51.0 Å². The van der Waals surface area contributed by atoms with E-state index in [4.69, 9.17) is 11.6 Å². The lowest BCUT2D eigenvalue weighted by Gasteiger charge is -2.32. The third kappa shape index (κ3) is 6.70. The predicted molar refractivity (Wildman–Crippen MR) is 124 cm³/mol. The van der Waals surface area contributed by atoms with Gasteiger partial charge in [0, 0.05) is 18.6 Å². The molecule has 9 heteroatoms. The number of carbonyl (C=O) groups excluding carboxylic acids is 2. The van der Waals surface area contributed by atoms with Crippen molar-refractivity contribution >= 4 is 39.1 Å². The highest BCUT2D eigenvalue weighted by molar-refractivity contribution is 7.92. The Morgan fingerprint density at radius 3 is 2.13 bits per heavy atom. The summed E-state index contributed by atoms with van der Waals surface area (Å²) in [7, 11) is -2.24. The maximum absolute atomic E-state index is 13.3. The van der Waals surface area contributed by atoms with Crippen LogP contribution in [0.25, 0.3) is 0 Å². The molecule has 0 aliphatic heterocycles. The molecule has 1 N–H and O–H groups in total. The zero-order chi connectivity index (χ0) is 23.2. The molecule has 0 aliphatic rings. The van der Waals surface area contributed by atoms with Crippen LogP contribution < -0.4 is 9.62 Å². The minimum Gasteiger partial charge on any atom is -0.357 e. The van der Waals surface area contributed by atoms with Gasteiger partial charge in [-0.1, -0.05) is 48.4 Å². The first-order valence-electron chi connectivity index (χ1n) is 9.86. The normalized spacial score (nSPS) is 12.2. The Hall–Kier alpha value is -2.58. The summed E-state index contributed by atoms with van der Waals surface area (Å²) in [6.07, 6.45) is 1.42. The SMILES string of the molecule is CC[C@H](C(=O)NC)N(Cc1ccc(C)cc1)C(=O)CN(c1ccc(Cl)cc1)S(C)(=O)=O. The minimum absolute atomic E-state index is 0.184. The Bertz CT molecular complexity index is 1010. The van der Waals surface area contributed by atoms with Crippen LogP contribution in [0.4, 0.5) is 5.69 Å². The summed E-state index contributed by atoms with van der Waals surface area (Å²) < 4.78 is 25.9. The summed E-state index contributed by atoms with van der Waals surface area (Å²) in [5.41, 5.74) is 2.24. The number of carbonyl (C=O) groups is 2. The number of benzene rings is 2. The van der Waals surface area contributed by atoms with Crippen LogP contribution >= 0.6 is 11.6 Å². The molecule has 0 saturated carbocycles. The Morgan fingerprint density at radius 1 is 1.06 bits per heavy atom. The molecular formula is C22H28ClN3O4S. The molecule has 0 bridgehead atoms. The summed E-state index contributed by atoms with van der Waals surface area (Å²) in [5.74, 6) is -0.781. The number of aryl methyl sites for hydroxylation is 1. The van der Waals surface area contributed by atoms with Gasteiger partial charge in [0.15, 0.2) is 0 Å². The summed E-state index contributed by atoms with van der Waals surface area (Å²) in [6.45, 7) is 3.52. The molecule has 2 rings (SSSR count). The number of halogens is 1. The number of likely N-dealkylation sites (N-methyl/N-ethyl adjacent to an activating group) is 1. The first kappa shape index (κ1) is 24.7. The van der Waals surface area contributed by atoms with Crippen LogP contribution in [0.3, 0.4) is 0 Å². The van der Waals surface area contributed by atoms with E-state index in [0.717, 1.165) is 21.7 Å². The second kappa shape index (κ2) is 10.6. The van der Waals surface area contributed by atoms with Gasteiger partial charge in [-0.2, -0.15) is 0 Å². The zero-order valence-electron chi connectivity index (χ0n) is 18.1. The first-order chi connectivity index (χ1) is 14.6. The molecule has 0 aliphatic carbocycles. The number of rotatable bonds is 9. The fraction of sp³-hybridized carbons (Fsp3) is 0.364. The molecule has 0 heterocycles. The van der Waals surface area contributed by atoms with Crippen LogP contribution in [0, 0.1) is 6.92 Å². The molecule has 2 amide bonds. The topological polar surface area (TPSA) is 86.8 Å². The monoisotopic (exact) mass is 465 g/mol. The van der Waals surface area contributed by atoms with E-state index in [9.17, 15) is 18.0 Å². The average Bonchev–Trinajstić information content (AvgIpc) is 2.72. The molecule has 0 aromatic heterocycles. The highest BCUT2D eigenvalue weighted by atomic mass is 35.5. The standard InChI is InChI=1S/C22H28ClN3O4S/c1-5-20(22(28)24-3)25(14-17-8-6-16(2)7-9-17)21(27)15-26(31(4,29)30)19-12-10-18(23)11-13-19/h6-13,20H,5,14-15H2,1-4H3,(H,24,28)/t20-/m1/s1. The Kier molecular flexibility index (Phi) is 8.47. The van der Waals surface area contributed by atoms with Gasteiger partial charge < -0.3 is 10.2 Å². The van der Waals surface area contributed by atoms with Gasteiger partial charge in [0.2, 0.25) is 21.8 Å². The number of sulfonamides is 1. The molecule has 7 nitrogen and oxygen atoms in total. The van der Waals surface area contributed by atoms with Crippen LogP contribution in [0.15, 0.2) is 48.5 Å². The Labute approximate surface area is 189 Å². The largest absolute Gasteiger partial charge is 0.357 e. The quantitative estimate of drug-likeness (QED) is 0.616. The van der Waals surface area contributed by atoms with Gasteiger partial charge in [-0.15, -0.1) is 0 Å².